The number of aliphatic hydroxyl groups is 1. The summed E-state index contributed by atoms with van der Waals surface area (Å²) >= 11 is 0. The normalized spacial score (nSPS) is 14.9. The number of nitrogens with one attached hydrogen (secondary N) is 2. The minimum atomic E-state index is -1.25. The monoisotopic (exact) mass is 538 g/mol. The van der Waals surface area contributed by atoms with E-state index in [1.165, 1.54) is 11.0 Å². The summed E-state index contributed by atoms with van der Waals surface area (Å²) in [4.78, 5) is 19.0. The molecule has 4 aromatic rings. The minimum absolute atomic E-state index is 0.0670. The van der Waals surface area contributed by atoms with Gasteiger partial charge in [-0.15, -0.1) is 0 Å². The van der Waals surface area contributed by atoms with E-state index in [0.29, 0.717) is 27.7 Å². The Hall–Kier alpha value is -4.09. The maximum absolute atomic E-state index is 13.6. The summed E-state index contributed by atoms with van der Waals surface area (Å²) in [5, 5.41) is 18.5. The van der Waals surface area contributed by atoms with Crippen molar-refractivity contribution >= 4 is 28.2 Å². The van der Waals surface area contributed by atoms with Crippen molar-refractivity contribution < 1.29 is 23.1 Å². The fraction of sp³-hybridized carbons (Fsp3) is 0.286. The maximum Gasteiger partial charge on any atom is 0.273 e. The Kier molecular flexibility index (Phi) is 7.71. The van der Waals surface area contributed by atoms with Gasteiger partial charge in [0.15, 0.2) is 0 Å². The Balaban J connectivity index is 1.37. The number of likely N-dealkylation sites (N-methyl/N-ethyl adjacent to an activating group) is 1. The number of fused-ring (bicyclic) bond motifs is 1. The number of halogens is 3. The third kappa shape index (κ3) is 5.84. The average Bonchev–Trinajstić information content (AvgIpc) is 3.33. The molecule has 3 aromatic carbocycles. The van der Waals surface area contributed by atoms with Crippen molar-refractivity contribution in [2.24, 2.45) is 0 Å². The second-order valence-corrected chi connectivity index (χ2v) is 9.56. The predicted molar refractivity (Wildman–Crippen MR) is 144 cm³/mol. The van der Waals surface area contributed by atoms with Crippen molar-refractivity contribution in [2.75, 3.05) is 62.1 Å². The van der Waals surface area contributed by atoms with E-state index < -0.39 is 30.3 Å². The number of hydrogen-bond acceptors (Lipinski definition) is 6. The molecular weight excluding hydrogens is 509 g/mol. The van der Waals surface area contributed by atoms with E-state index >= 15 is 0 Å². The van der Waals surface area contributed by atoms with Crippen LogP contribution < -0.4 is 15.6 Å². The second kappa shape index (κ2) is 11.3. The molecule has 8 nitrogen and oxygen atoms in total. The highest BCUT2D eigenvalue weighted by molar-refractivity contribution is 6.05. The number of carbonyl (C=O) groups excluding carboxylic acids is 1. The zero-order chi connectivity index (χ0) is 27.5. The van der Waals surface area contributed by atoms with Crippen molar-refractivity contribution in [3.05, 3.63) is 89.1 Å². The largest absolute Gasteiger partial charge is 0.384 e. The molecule has 0 spiro atoms. The molecule has 1 fully saturated rings. The second-order valence-electron chi connectivity index (χ2n) is 9.56. The lowest BCUT2D eigenvalue weighted by Gasteiger charge is -2.34. The molecule has 1 aliphatic heterocycles. The third-order valence-electron chi connectivity index (χ3n) is 6.84. The van der Waals surface area contributed by atoms with Crippen LogP contribution in [0.5, 0.6) is 0 Å². The Labute approximate surface area is 223 Å². The molecule has 0 bridgehead atoms. The number of aliphatic hydroxyl groups excluding tert-OH is 1. The molecule has 2 heterocycles. The number of benzene rings is 3. The zero-order valence-corrected chi connectivity index (χ0v) is 21.4. The van der Waals surface area contributed by atoms with Gasteiger partial charge in [0.05, 0.1) is 17.3 Å². The van der Waals surface area contributed by atoms with Crippen molar-refractivity contribution in [1.29, 1.82) is 0 Å². The van der Waals surface area contributed by atoms with E-state index in [-0.39, 0.29) is 12.1 Å². The van der Waals surface area contributed by atoms with Crippen molar-refractivity contribution in [2.45, 2.75) is 6.10 Å². The number of carbonyl (C=O) groups is 1. The lowest BCUT2D eigenvalue weighted by atomic mass is 10.0. The van der Waals surface area contributed by atoms with E-state index in [4.69, 9.17) is 0 Å². The van der Waals surface area contributed by atoms with Crippen LogP contribution >= 0.6 is 0 Å². The van der Waals surface area contributed by atoms with Crippen LogP contribution in [-0.2, 0) is 0 Å². The van der Waals surface area contributed by atoms with E-state index in [9.17, 15) is 23.1 Å². The lowest BCUT2D eigenvalue weighted by molar-refractivity contribution is 0.101. The maximum atomic E-state index is 13.6. The summed E-state index contributed by atoms with van der Waals surface area (Å²) in [5.74, 6) is -2.00. The molecule has 3 N–H and O–H groups in total. The molecule has 1 saturated heterocycles. The van der Waals surface area contributed by atoms with Gasteiger partial charge in [-0.2, -0.15) is 9.89 Å². The highest BCUT2D eigenvalue weighted by Crippen LogP contribution is 2.28. The van der Waals surface area contributed by atoms with Gasteiger partial charge in [0.2, 0.25) is 0 Å². The van der Waals surface area contributed by atoms with Crippen LogP contribution in [0.1, 0.15) is 27.6 Å². The number of piperazine rings is 1. The molecule has 1 amide bonds. The van der Waals surface area contributed by atoms with Gasteiger partial charge >= 0.3 is 0 Å². The van der Waals surface area contributed by atoms with Gasteiger partial charge < -0.3 is 20.2 Å². The fourth-order valence-electron chi connectivity index (χ4n) is 4.71. The molecule has 39 heavy (non-hydrogen) atoms. The van der Waals surface area contributed by atoms with Crippen LogP contribution in [0.2, 0.25) is 0 Å². The number of rotatable bonds is 8. The molecule has 204 valence electrons. The molecule has 1 aromatic heterocycles. The molecule has 11 heteroatoms. The highest BCUT2D eigenvalue weighted by atomic mass is 19.1. The standard InChI is InChI=1S/C28H29F3N6O2/c1-35-8-10-36(11-9-35)23-3-4-24(25(16-23)32-7-6-29)28(39)34-37-26-5-2-18(12-20(26)17-33-37)27(38)19-13-21(30)15-22(31)14-19/h2-5,12-17,27,32,38H,6-11H2,1H3,(H,34,39). The summed E-state index contributed by atoms with van der Waals surface area (Å²) in [6.07, 6.45) is 0.261. The number of amides is 1. The first-order valence-corrected chi connectivity index (χ1v) is 12.6. The van der Waals surface area contributed by atoms with E-state index in [1.54, 1.807) is 24.3 Å². The first-order chi connectivity index (χ1) is 18.8. The van der Waals surface area contributed by atoms with E-state index in [0.717, 1.165) is 50.1 Å². The molecule has 1 aliphatic rings. The van der Waals surface area contributed by atoms with Gasteiger partial charge in [0.1, 0.15) is 24.4 Å². The third-order valence-corrected chi connectivity index (χ3v) is 6.84. The SMILES string of the molecule is CN1CCN(c2ccc(C(=O)Nn3ncc4cc(C(O)c5cc(F)cc(F)c5)ccc43)c(NCCF)c2)CC1. The van der Waals surface area contributed by atoms with E-state index in [2.05, 4.69) is 32.7 Å². The molecular formula is C28H29F3N6O2. The average molecular weight is 539 g/mol. The number of alkyl halides is 1. The first-order valence-electron chi connectivity index (χ1n) is 12.6. The Morgan fingerprint density at radius 2 is 1.74 bits per heavy atom. The zero-order valence-electron chi connectivity index (χ0n) is 21.4. The Bertz CT molecular complexity index is 1470. The number of anilines is 2. The molecule has 1 atom stereocenters. The summed E-state index contributed by atoms with van der Waals surface area (Å²) < 4.78 is 40.2. The fourth-order valence-corrected chi connectivity index (χ4v) is 4.71. The molecule has 0 aliphatic carbocycles. The van der Waals surface area contributed by atoms with E-state index in [1.807, 2.05) is 12.1 Å². The number of nitrogens with zero attached hydrogens (tertiary/aromatic N) is 4. The molecule has 0 saturated carbocycles. The first kappa shape index (κ1) is 26.5. The number of hydrogen-bond donors (Lipinski definition) is 3. The van der Waals surface area contributed by atoms with Crippen LogP contribution in [0.15, 0.2) is 60.8 Å². The van der Waals surface area contributed by atoms with Crippen LogP contribution in [0.25, 0.3) is 10.9 Å². The summed E-state index contributed by atoms with van der Waals surface area (Å²) in [7, 11) is 2.08. The Morgan fingerprint density at radius 3 is 2.46 bits per heavy atom. The smallest absolute Gasteiger partial charge is 0.273 e. The van der Waals surface area contributed by atoms with Crippen LogP contribution in [0, 0.1) is 11.6 Å². The van der Waals surface area contributed by atoms with Crippen LogP contribution in [0.3, 0.4) is 0 Å². The molecule has 5 rings (SSSR count). The van der Waals surface area contributed by atoms with Gasteiger partial charge in [-0.1, -0.05) is 6.07 Å². The summed E-state index contributed by atoms with van der Waals surface area (Å²) in [5.41, 5.74) is 5.61. The quantitative estimate of drug-likeness (QED) is 0.316. The van der Waals surface area contributed by atoms with Crippen LogP contribution in [-0.4, -0.2) is 72.2 Å². The van der Waals surface area contributed by atoms with Crippen LogP contribution in [0.4, 0.5) is 24.5 Å². The van der Waals surface area contributed by atoms with Gasteiger partial charge in [-0.3, -0.25) is 4.79 Å². The Morgan fingerprint density at radius 1 is 1.00 bits per heavy atom. The summed E-state index contributed by atoms with van der Waals surface area (Å²) in [6, 6.07) is 13.2. The van der Waals surface area contributed by atoms with Gasteiger partial charge in [-0.25, -0.2) is 18.6 Å². The predicted octanol–water partition coefficient (Wildman–Crippen LogP) is 3.91. The van der Waals surface area contributed by atoms with Crippen molar-refractivity contribution in [3.63, 3.8) is 0 Å². The van der Waals surface area contributed by atoms with Crippen molar-refractivity contribution in [1.82, 2.24) is 14.8 Å². The lowest BCUT2D eigenvalue weighted by Crippen LogP contribution is -2.44. The van der Waals surface area contributed by atoms with Gasteiger partial charge in [-0.05, 0) is 60.6 Å². The van der Waals surface area contributed by atoms with Gasteiger partial charge in [0, 0.05) is 55.6 Å². The summed E-state index contributed by atoms with van der Waals surface area (Å²) in [6.45, 7) is 3.06. The molecule has 1 unspecified atom stereocenters. The van der Waals surface area contributed by atoms with Crippen molar-refractivity contribution in [3.8, 4) is 0 Å². The highest BCUT2D eigenvalue weighted by Gasteiger charge is 2.19. The molecule has 0 radical (unpaired) electrons. The minimum Gasteiger partial charge on any atom is -0.384 e. The topological polar surface area (TPSA) is 85.7 Å². The van der Waals surface area contributed by atoms with Gasteiger partial charge in [0.25, 0.3) is 5.91 Å². The number of aromatic nitrogens is 2.